The first kappa shape index (κ1) is 55.5. The lowest BCUT2D eigenvalue weighted by molar-refractivity contribution is -0.168. The topological polar surface area (TPSA) is 316 Å². The normalized spacial score (nSPS) is 25.6. The third kappa shape index (κ3) is 15.9. The Labute approximate surface area is 392 Å². The van der Waals surface area contributed by atoms with E-state index < -0.39 is 126 Å². The minimum Gasteiger partial charge on any atom is -0.508 e. The number of nitrogens with one attached hydrogen (secondary N) is 5. The van der Waals surface area contributed by atoms with E-state index in [1.165, 1.54) is 26.1 Å². The molecule has 21 heteroatoms. The number of cyclic esters (lactones) is 1. The number of hydrogen-bond acceptors (Lipinski definition) is 13. The zero-order chi connectivity index (χ0) is 50.1. The van der Waals surface area contributed by atoms with Crippen molar-refractivity contribution in [3.63, 3.8) is 0 Å². The maximum Gasteiger partial charge on any atom is 0.329 e. The van der Waals surface area contributed by atoms with Crippen molar-refractivity contribution >= 4 is 53.3 Å². The minimum absolute atomic E-state index is 0.00464. The van der Waals surface area contributed by atoms with Crippen LogP contribution in [0.15, 0.2) is 24.3 Å². The van der Waals surface area contributed by atoms with E-state index in [4.69, 9.17) is 10.5 Å². The Hall–Kier alpha value is -5.83. The highest BCUT2D eigenvalue weighted by Gasteiger charge is 2.47. The second kappa shape index (κ2) is 26.5. The first-order valence-electron chi connectivity index (χ1n) is 23.3. The van der Waals surface area contributed by atoms with Gasteiger partial charge in [0.2, 0.25) is 41.4 Å². The standard InChI is InChI=1S/C46H72N8O13/c1-8-10-11-15-34(56)48-32(24-36(58)59)41(61)52-38-27(6)67-46(66)37(25(3)4)51-42(62)33(23-28-16-18-29(55)19-17-28)53(7)45(65)39(26(5)9-2)54-35(57)21-20-31(44(54)64)50-40(60)30(49-43(38)63)14-12-13-22-47/h16-19,25-27,30-33,35,37-39,55,57H,8-15,20-24,47H2,1-7H3,(H,48,56)(H,49,63)(H,50,60)(H,51,62)(H,52,61)(H,58,59)/t26-,27+,30+,31+,32+,33+,35-,37?,38+,39-/m1/s1. The van der Waals surface area contributed by atoms with Crippen LogP contribution in [0.2, 0.25) is 0 Å². The molecule has 0 aliphatic carbocycles. The maximum atomic E-state index is 14.8. The highest BCUT2D eigenvalue weighted by molar-refractivity contribution is 5.99. The number of carboxylic acids is 1. The number of nitrogens with zero attached hydrogens (tertiary/aromatic N) is 2. The lowest BCUT2D eigenvalue weighted by atomic mass is 9.91. The molecule has 0 radical (unpaired) electrons. The number of aliphatic carboxylic acids is 1. The van der Waals surface area contributed by atoms with Gasteiger partial charge in [-0.3, -0.25) is 38.4 Å². The first-order valence-corrected chi connectivity index (χ1v) is 23.3. The average Bonchev–Trinajstić information content (AvgIpc) is 3.27. The van der Waals surface area contributed by atoms with Crippen molar-refractivity contribution in [2.24, 2.45) is 17.6 Å². The number of esters is 1. The molecule has 0 aromatic heterocycles. The fraction of sp³-hybridized carbons (Fsp3) is 0.674. The Bertz CT molecular complexity index is 1900. The van der Waals surface area contributed by atoms with Gasteiger partial charge in [-0.1, -0.05) is 66.0 Å². The number of amides is 7. The van der Waals surface area contributed by atoms with Gasteiger partial charge in [0.1, 0.15) is 60.4 Å². The molecule has 1 aromatic carbocycles. The van der Waals surface area contributed by atoms with E-state index in [2.05, 4.69) is 26.6 Å². The molecule has 10 N–H and O–H groups in total. The lowest BCUT2D eigenvalue weighted by Gasteiger charge is -2.44. The van der Waals surface area contributed by atoms with Gasteiger partial charge >= 0.3 is 11.9 Å². The van der Waals surface area contributed by atoms with Crippen molar-refractivity contribution in [2.45, 2.75) is 173 Å². The molecule has 1 unspecified atom stereocenters. The average molecular weight is 945 g/mol. The summed E-state index contributed by atoms with van der Waals surface area (Å²) in [6.45, 7) is 10.1. The zero-order valence-corrected chi connectivity index (χ0v) is 39.7. The third-order valence-corrected chi connectivity index (χ3v) is 12.3. The number of aliphatic hydroxyl groups is 1. The Morgan fingerprint density at radius 3 is 2.16 bits per heavy atom. The maximum absolute atomic E-state index is 14.8. The third-order valence-electron chi connectivity index (χ3n) is 12.3. The fourth-order valence-corrected chi connectivity index (χ4v) is 8.05. The highest BCUT2D eigenvalue weighted by atomic mass is 16.5. The molecule has 1 aromatic rings. The van der Waals surface area contributed by atoms with Crippen molar-refractivity contribution in [3.8, 4) is 5.75 Å². The molecule has 374 valence electrons. The summed E-state index contributed by atoms with van der Waals surface area (Å²) >= 11 is 0. The van der Waals surface area contributed by atoms with Crippen molar-refractivity contribution in [1.29, 1.82) is 0 Å². The SMILES string of the molecule is CCCCCC(=O)N[C@@H](CC(=O)O)C(=O)N[C@@H]1C(=O)N[C@@H](CCCCN)C(=O)N[C@H]2CC[C@@H](O)N(C2=O)[C@H]([C@H](C)CC)C(=O)N(C)[C@@H](Cc2ccc(O)cc2)C(=O)NC(C(C)C)C(=O)O[C@H]1C. The van der Waals surface area contributed by atoms with E-state index in [1.807, 2.05) is 6.92 Å². The molecule has 21 nitrogen and oxygen atoms in total. The van der Waals surface area contributed by atoms with Gasteiger partial charge < -0.3 is 62.2 Å². The van der Waals surface area contributed by atoms with Crippen LogP contribution in [-0.4, -0.2) is 147 Å². The predicted octanol–water partition coefficient (Wildman–Crippen LogP) is 0.327. The molecule has 10 atom stereocenters. The van der Waals surface area contributed by atoms with Crippen LogP contribution in [0, 0.1) is 11.8 Å². The van der Waals surface area contributed by atoms with E-state index in [-0.39, 0.29) is 44.4 Å². The fourth-order valence-electron chi connectivity index (χ4n) is 8.05. The number of unbranched alkanes of at least 4 members (excludes halogenated alkanes) is 3. The Morgan fingerprint density at radius 1 is 0.896 bits per heavy atom. The predicted molar refractivity (Wildman–Crippen MR) is 243 cm³/mol. The van der Waals surface area contributed by atoms with Crippen LogP contribution >= 0.6 is 0 Å². The van der Waals surface area contributed by atoms with Gasteiger partial charge in [0.15, 0.2) is 0 Å². The zero-order valence-electron chi connectivity index (χ0n) is 39.7. The molecular weight excluding hydrogens is 873 g/mol. The molecule has 3 rings (SSSR count). The van der Waals surface area contributed by atoms with Gasteiger partial charge in [0.05, 0.1) is 6.42 Å². The molecule has 7 amide bonds. The van der Waals surface area contributed by atoms with E-state index in [1.54, 1.807) is 39.8 Å². The summed E-state index contributed by atoms with van der Waals surface area (Å²) in [6, 6.07) is -4.42. The first-order chi connectivity index (χ1) is 31.6. The smallest absolute Gasteiger partial charge is 0.329 e. The molecule has 2 bridgehead atoms. The molecule has 2 aliphatic rings. The van der Waals surface area contributed by atoms with Gasteiger partial charge in [-0.05, 0) is 81.5 Å². The number of carbonyl (C=O) groups excluding carboxylic acids is 8. The van der Waals surface area contributed by atoms with Crippen LogP contribution in [0.3, 0.4) is 0 Å². The number of likely N-dealkylation sites (N-methyl/N-ethyl adjacent to an activating group) is 1. The summed E-state index contributed by atoms with van der Waals surface area (Å²) in [4.78, 5) is 127. The van der Waals surface area contributed by atoms with Crippen LogP contribution < -0.4 is 32.3 Å². The molecule has 2 aliphatic heterocycles. The second-order valence-corrected chi connectivity index (χ2v) is 17.9. The van der Waals surface area contributed by atoms with Crippen LogP contribution in [0.4, 0.5) is 0 Å². The molecule has 0 spiro atoms. The van der Waals surface area contributed by atoms with Gasteiger partial charge in [0.25, 0.3) is 0 Å². The van der Waals surface area contributed by atoms with E-state index in [0.717, 1.165) is 16.2 Å². The quantitative estimate of drug-likeness (QED) is 0.0708. The van der Waals surface area contributed by atoms with Crippen LogP contribution in [0.5, 0.6) is 5.75 Å². The van der Waals surface area contributed by atoms with Crippen LogP contribution in [0.25, 0.3) is 0 Å². The summed E-state index contributed by atoms with van der Waals surface area (Å²) in [6.07, 6.45) is -1.14. The largest absolute Gasteiger partial charge is 0.508 e. The monoisotopic (exact) mass is 945 g/mol. The van der Waals surface area contributed by atoms with E-state index in [9.17, 15) is 58.5 Å². The number of nitrogens with two attached hydrogens (primary N) is 1. The minimum atomic E-state index is -1.83. The van der Waals surface area contributed by atoms with E-state index in [0.29, 0.717) is 37.7 Å². The molecule has 2 saturated heterocycles. The van der Waals surface area contributed by atoms with Gasteiger partial charge in [0, 0.05) is 19.9 Å². The summed E-state index contributed by atoms with van der Waals surface area (Å²) in [5, 5.41) is 43.9. The van der Waals surface area contributed by atoms with Crippen LogP contribution in [-0.2, 0) is 54.3 Å². The molecule has 67 heavy (non-hydrogen) atoms. The summed E-state index contributed by atoms with van der Waals surface area (Å²) < 4.78 is 5.81. The van der Waals surface area contributed by atoms with Gasteiger partial charge in [-0.2, -0.15) is 0 Å². The lowest BCUT2D eigenvalue weighted by Crippen LogP contribution is -2.66. The number of rotatable bonds is 18. The number of hydrogen-bond donors (Lipinski definition) is 9. The summed E-state index contributed by atoms with van der Waals surface area (Å²) in [7, 11) is 1.36. The van der Waals surface area contributed by atoms with Crippen molar-refractivity contribution in [2.75, 3.05) is 13.6 Å². The molecule has 2 heterocycles. The number of phenolic OH excluding ortho intramolecular Hbond substituents is 1. The summed E-state index contributed by atoms with van der Waals surface area (Å²) in [5.41, 5.74) is 6.25. The molecule has 0 saturated carbocycles. The molecule has 2 fully saturated rings. The van der Waals surface area contributed by atoms with Crippen molar-refractivity contribution < 1.29 is 63.2 Å². The van der Waals surface area contributed by atoms with Gasteiger partial charge in [-0.25, -0.2) is 4.79 Å². The second-order valence-electron chi connectivity index (χ2n) is 17.9. The number of piperidine rings is 1. The Balaban J connectivity index is 2.22. The Kier molecular flexibility index (Phi) is 21.9. The van der Waals surface area contributed by atoms with Crippen molar-refractivity contribution in [3.05, 3.63) is 29.8 Å². The molecular formula is C46H72N8O13. The van der Waals surface area contributed by atoms with E-state index >= 15 is 0 Å². The number of carboxylic acid groups (broad SMARTS) is 1. The van der Waals surface area contributed by atoms with Crippen LogP contribution in [0.1, 0.15) is 118 Å². The number of aliphatic hydroxyl groups excluding tert-OH is 1. The Morgan fingerprint density at radius 2 is 1.57 bits per heavy atom. The number of carbonyl (C=O) groups is 9. The number of benzene rings is 1. The highest BCUT2D eigenvalue weighted by Crippen LogP contribution is 2.28. The number of ether oxygens (including phenoxy) is 1. The van der Waals surface area contributed by atoms with Crippen molar-refractivity contribution in [1.82, 2.24) is 36.4 Å². The number of phenols is 1. The number of fused-ring (bicyclic) bond motifs is 2. The number of aromatic hydroxyl groups is 1. The summed E-state index contributed by atoms with van der Waals surface area (Å²) in [5.74, 6) is -9.77. The van der Waals surface area contributed by atoms with Gasteiger partial charge in [-0.15, -0.1) is 0 Å².